The van der Waals surface area contributed by atoms with Crippen molar-refractivity contribution in [2.75, 3.05) is 17.2 Å². The van der Waals surface area contributed by atoms with Crippen LogP contribution in [0.3, 0.4) is 0 Å². The van der Waals surface area contributed by atoms with Gasteiger partial charge in [-0.05, 0) is 24.1 Å². The Morgan fingerprint density at radius 2 is 2.16 bits per heavy atom. The number of urea groups is 1. The fourth-order valence-corrected chi connectivity index (χ4v) is 3.15. The van der Waals surface area contributed by atoms with Gasteiger partial charge in [0.2, 0.25) is 5.91 Å². The van der Waals surface area contributed by atoms with E-state index in [-0.39, 0.29) is 18.9 Å². The van der Waals surface area contributed by atoms with Crippen LogP contribution in [-0.2, 0) is 16.0 Å². The predicted molar refractivity (Wildman–Crippen MR) is 93.8 cm³/mol. The van der Waals surface area contributed by atoms with Crippen LogP contribution in [0.5, 0.6) is 0 Å². The molecule has 130 valence electrons. The minimum Gasteiger partial charge on any atom is -0.481 e. The maximum Gasteiger partial charge on any atom is 0.321 e. The van der Waals surface area contributed by atoms with Gasteiger partial charge in [0, 0.05) is 29.6 Å². The van der Waals surface area contributed by atoms with Crippen LogP contribution in [0.4, 0.5) is 15.6 Å². The van der Waals surface area contributed by atoms with Crippen molar-refractivity contribution in [1.29, 1.82) is 0 Å². The molecule has 3 amide bonds. The minimum absolute atomic E-state index is 0.0225. The number of carboxylic acids is 1. The number of hydrogen-bond acceptors (Lipinski definition) is 5. The number of aromatic nitrogens is 1. The number of thiazole rings is 1. The number of amides is 3. The highest BCUT2D eigenvalue weighted by atomic mass is 32.1. The quantitative estimate of drug-likeness (QED) is 0.652. The maximum absolute atomic E-state index is 11.7. The van der Waals surface area contributed by atoms with Crippen molar-refractivity contribution < 1.29 is 19.5 Å². The number of nitrogens with zero attached hydrogens (tertiary/aromatic N) is 1. The lowest BCUT2D eigenvalue weighted by Gasteiger charge is -2.17. The van der Waals surface area contributed by atoms with Gasteiger partial charge in [0.25, 0.3) is 0 Å². The van der Waals surface area contributed by atoms with Gasteiger partial charge < -0.3 is 15.7 Å². The van der Waals surface area contributed by atoms with E-state index in [2.05, 4.69) is 20.9 Å². The number of anilines is 2. The molecule has 8 nitrogen and oxygen atoms in total. The summed E-state index contributed by atoms with van der Waals surface area (Å²) in [5.41, 5.74) is 3.52. The Balaban J connectivity index is 1.64. The highest BCUT2D eigenvalue weighted by Gasteiger charge is 2.16. The van der Waals surface area contributed by atoms with E-state index in [0.717, 1.165) is 22.5 Å². The summed E-state index contributed by atoms with van der Waals surface area (Å²) in [4.78, 5) is 37.9. The van der Waals surface area contributed by atoms with Crippen LogP contribution in [0.15, 0.2) is 23.6 Å². The third-order valence-electron chi connectivity index (χ3n) is 3.65. The van der Waals surface area contributed by atoms with Crippen molar-refractivity contribution in [2.45, 2.75) is 19.3 Å². The largest absolute Gasteiger partial charge is 0.481 e. The van der Waals surface area contributed by atoms with Gasteiger partial charge in [-0.25, -0.2) is 9.78 Å². The first-order chi connectivity index (χ1) is 12.0. The van der Waals surface area contributed by atoms with Crippen LogP contribution in [0.25, 0.3) is 11.3 Å². The Hall–Kier alpha value is -2.94. The van der Waals surface area contributed by atoms with E-state index < -0.39 is 12.0 Å². The summed E-state index contributed by atoms with van der Waals surface area (Å²) in [6.07, 6.45) is 1.02. The molecule has 9 heteroatoms. The van der Waals surface area contributed by atoms with Gasteiger partial charge in [-0.15, -0.1) is 11.3 Å². The molecular formula is C16H16N4O4S. The Kier molecular flexibility index (Phi) is 4.94. The molecule has 0 radical (unpaired) electrons. The molecule has 0 aliphatic carbocycles. The molecule has 4 N–H and O–H groups in total. The minimum atomic E-state index is -0.972. The zero-order valence-electron chi connectivity index (χ0n) is 13.2. The van der Waals surface area contributed by atoms with Gasteiger partial charge >= 0.3 is 12.0 Å². The summed E-state index contributed by atoms with van der Waals surface area (Å²) >= 11 is 1.28. The second kappa shape index (κ2) is 7.31. The van der Waals surface area contributed by atoms with Gasteiger partial charge in [-0.1, -0.05) is 6.07 Å². The Labute approximate surface area is 147 Å². The van der Waals surface area contributed by atoms with E-state index in [9.17, 15) is 14.4 Å². The highest BCUT2D eigenvalue weighted by molar-refractivity contribution is 7.14. The van der Waals surface area contributed by atoms with Gasteiger partial charge in [-0.3, -0.25) is 14.9 Å². The normalized spacial score (nSPS) is 12.9. The monoisotopic (exact) mass is 360 g/mol. The van der Waals surface area contributed by atoms with Crippen molar-refractivity contribution in [1.82, 2.24) is 10.3 Å². The summed E-state index contributed by atoms with van der Waals surface area (Å²) in [5.74, 6) is -0.949. The van der Waals surface area contributed by atoms with Crippen LogP contribution in [0.2, 0.25) is 0 Å². The number of benzene rings is 1. The first-order valence-electron chi connectivity index (χ1n) is 7.66. The number of fused-ring (bicyclic) bond motifs is 1. The van der Waals surface area contributed by atoms with Crippen LogP contribution >= 0.6 is 11.3 Å². The zero-order chi connectivity index (χ0) is 17.8. The van der Waals surface area contributed by atoms with Gasteiger partial charge in [0.05, 0.1) is 12.1 Å². The topological polar surface area (TPSA) is 120 Å². The molecule has 2 aromatic rings. The number of carbonyl (C=O) groups is 3. The van der Waals surface area contributed by atoms with Crippen LogP contribution in [0.1, 0.15) is 18.4 Å². The van der Waals surface area contributed by atoms with Crippen molar-refractivity contribution in [3.8, 4) is 11.3 Å². The molecule has 0 saturated heterocycles. The molecule has 0 fully saturated rings. The van der Waals surface area contributed by atoms with E-state index in [4.69, 9.17) is 5.11 Å². The molecule has 1 aromatic heterocycles. The molecule has 1 aliphatic heterocycles. The van der Waals surface area contributed by atoms with E-state index in [1.807, 2.05) is 23.6 Å². The van der Waals surface area contributed by atoms with Crippen molar-refractivity contribution >= 4 is 40.1 Å². The number of aryl methyl sites for hydroxylation is 1. The maximum atomic E-state index is 11.7. The molecule has 0 saturated carbocycles. The van der Waals surface area contributed by atoms with E-state index in [1.165, 1.54) is 11.3 Å². The number of nitrogens with one attached hydrogen (secondary N) is 3. The predicted octanol–water partition coefficient (Wildman–Crippen LogP) is 2.29. The van der Waals surface area contributed by atoms with Gasteiger partial charge in [0.1, 0.15) is 0 Å². The Bertz CT molecular complexity index is 833. The first-order valence-corrected chi connectivity index (χ1v) is 8.54. The first kappa shape index (κ1) is 16.9. The summed E-state index contributed by atoms with van der Waals surface area (Å²) in [6, 6.07) is 5.22. The number of carbonyl (C=O) groups excluding carboxylic acids is 2. The molecular weight excluding hydrogens is 344 g/mol. The molecule has 1 aromatic carbocycles. The van der Waals surface area contributed by atoms with Gasteiger partial charge in [-0.2, -0.15) is 0 Å². The standard InChI is InChI=1S/C16H16N4O4S/c21-13-4-2-9-7-10(1-3-11(9)18-13)12-8-25-16(19-12)20-15(24)17-6-5-14(22)23/h1,3,7-8H,2,4-6H2,(H,18,21)(H,22,23)(H2,17,19,20,24). The van der Waals surface area contributed by atoms with Crippen molar-refractivity contribution in [2.24, 2.45) is 0 Å². The SMILES string of the molecule is O=C(O)CCNC(=O)Nc1nc(-c2ccc3c(c2)CCC(=O)N3)cs1. The fraction of sp³-hybridized carbons (Fsp3) is 0.250. The van der Waals surface area contributed by atoms with E-state index in [1.54, 1.807) is 0 Å². The molecule has 2 heterocycles. The lowest BCUT2D eigenvalue weighted by molar-refractivity contribution is -0.136. The average Bonchev–Trinajstić information content (AvgIpc) is 3.02. The molecule has 3 rings (SSSR count). The van der Waals surface area contributed by atoms with Crippen LogP contribution < -0.4 is 16.0 Å². The molecule has 0 atom stereocenters. The third kappa shape index (κ3) is 4.32. The average molecular weight is 360 g/mol. The second-order valence-corrected chi connectivity index (χ2v) is 6.34. The zero-order valence-corrected chi connectivity index (χ0v) is 14.0. The van der Waals surface area contributed by atoms with Gasteiger partial charge in [0.15, 0.2) is 5.13 Å². The fourth-order valence-electron chi connectivity index (χ4n) is 2.43. The summed E-state index contributed by atoms with van der Waals surface area (Å²) in [7, 11) is 0. The van der Waals surface area contributed by atoms with Crippen molar-refractivity contribution in [3.63, 3.8) is 0 Å². The number of aliphatic carboxylic acids is 1. The lowest BCUT2D eigenvalue weighted by Crippen LogP contribution is -2.30. The smallest absolute Gasteiger partial charge is 0.321 e. The van der Waals surface area contributed by atoms with Crippen molar-refractivity contribution in [3.05, 3.63) is 29.1 Å². The lowest BCUT2D eigenvalue weighted by atomic mass is 9.99. The molecule has 0 unspecified atom stereocenters. The number of carboxylic acid groups (broad SMARTS) is 1. The van der Waals surface area contributed by atoms with E-state index >= 15 is 0 Å². The summed E-state index contributed by atoms with van der Waals surface area (Å²) < 4.78 is 0. The molecule has 25 heavy (non-hydrogen) atoms. The van der Waals surface area contributed by atoms with Crippen LogP contribution in [0, 0.1) is 0 Å². The molecule has 0 spiro atoms. The highest BCUT2D eigenvalue weighted by Crippen LogP contribution is 2.30. The summed E-state index contributed by atoms with van der Waals surface area (Å²) in [6.45, 7) is 0.0515. The summed E-state index contributed by atoms with van der Waals surface area (Å²) in [5, 5.41) is 18.7. The second-order valence-electron chi connectivity index (χ2n) is 5.48. The third-order valence-corrected chi connectivity index (χ3v) is 4.40. The van der Waals surface area contributed by atoms with Crippen LogP contribution in [-0.4, -0.2) is 34.5 Å². The number of hydrogen-bond donors (Lipinski definition) is 4. The molecule has 0 bridgehead atoms. The van der Waals surface area contributed by atoms with E-state index in [0.29, 0.717) is 18.0 Å². The Morgan fingerprint density at radius 3 is 2.96 bits per heavy atom. The molecule has 1 aliphatic rings. The Morgan fingerprint density at radius 1 is 1.32 bits per heavy atom. The number of rotatable bonds is 5.